The van der Waals surface area contributed by atoms with E-state index in [0.717, 1.165) is 0 Å². The van der Waals surface area contributed by atoms with Crippen molar-refractivity contribution in [2.75, 3.05) is 0 Å². The van der Waals surface area contributed by atoms with Gasteiger partial charge in [0.05, 0.1) is 0 Å². The Hall–Kier alpha value is -3.98. The highest BCUT2D eigenvalue weighted by Crippen LogP contribution is 2.56. The van der Waals surface area contributed by atoms with E-state index in [1.807, 2.05) is 0 Å². The number of ether oxygens (including phenoxy) is 2. The third-order valence-electron chi connectivity index (χ3n) is 5.02. The summed E-state index contributed by atoms with van der Waals surface area (Å²) in [7, 11) is 0. The summed E-state index contributed by atoms with van der Waals surface area (Å²) in [4.78, 5) is 23.0. The second-order valence-corrected chi connectivity index (χ2v) is 7.53. The summed E-state index contributed by atoms with van der Waals surface area (Å²) >= 11 is 0. The lowest BCUT2D eigenvalue weighted by Gasteiger charge is -2.38. The van der Waals surface area contributed by atoms with E-state index in [1.54, 1.807) is 0 Å². The molecule has 0 aliphatic heterocycles. The molecule has 0 N–H and O–H groups in total. The normalized spacial score (nSPS) is 13.0. The van der Waals surface area contributed by atoms with Gasteiger partial charge in [-0.2, -0.15) is 52.7 Å². The van der Waals surface area contributed by atoms with Crippen LogP contribution in [0.4, 0.5) is 52.7 Å². The first-order valence-corrected chi connectivity index (χ1v) is 9.84. The van der Waals surface area contributed by atoms with E-state index in [-0.39, 0.29) is 24.3 Å². The van der Waals surface area contributed by atoms with E-state index < -0.39 is 75.8 Å². The molecule has 0 spiro atoms. The average molecular weight is 580 g/mol. The summed E-state index contributed by atoms with van der Waals surface area (Å²) in [5.74, 6) is -5.82. The molecule has 0 heterocycles. The van der Waals surface area contributed by atoms with Gasteiger partial charge < -0.3 is 9.47 Å². The molecule has 0 atom stereocenters. The van der Waals surface area contributed by atoms with Crippen molar-refractivity contribution < 1.29 is 71.7 Å². The Bertz CT molecular complexity index is 1150. The third-order valence-corrected chi connectivity index (χ3v) is 5.02. The smallest absolute Gasteiger partial charge is 0.422 e. The van der Waals surface area contributed by atoms with Crippen molar-refractivity contribution in [3.8, 4) is 11.5 Å². The molecule has 2 aromatic carbocycles. The molecular formula is C23H12F12O4. The molecule has 0 amide bonds. The predicted octanol–water partition coefficient (Wildman–Crippen LogP) is 7.15. The molecule has 0 saturated carbocycles. The van der Waals surface area contributed by atoms with E-state index in [0.29, 0.717) is 24.3 Å². The average Bonchev–Trinajstić information content (AvgIpc) is 2.77. The number of alkyl halides is 12. The van der Waals surface area contributed by atoms with Crippen LogP contribution in [0.5, 0.6) is 11.5 Å². The number of carbonyl (C=O) groups excluding carboxylic acids is 2. The first-order chi connectivity index (χ1) is 17.5. The molecule has 0 aliphatic rings. The van der Waals surface area contributed by atoms with Gasteiger partial charge in [0, 0.05) is 0 Å². The molecule has 0 aliphatic carbocycles. The molecule has 39 heavy (non-hydrogen) atoms. The first kappa shape index (κ1) is 31.2. The van der Waals surface area contributed by atoms with Crippen LogP contribution in [-0.2, 0) is 15.0 Å². The maximum absolute atomic E-state index is 14.2. The molecule has 0 radical (unpaired) electrons. The highest BCUT2D eigenvalue weighted by molar-refractivity contribution is 5.91. The summed E-state index contributed by atoms with van der Waals surface area (Å²) < 4.78 is 169. The highest BCUT2D eigenvalue weighted by atomic mass is 19.4. The van der Waals surface area contributed by atoms with Crippen LogP contribution < -0.4 is 9.47 Å². The summed E-state index contributed by atoms with van der Waals surface area (Å²) in [6, 6.07) is 2.29. The van der Waals surface area contributed by atoms with Gasteiger partial charge in [-0.3, -0.25) is 0 Å². The SMILES string of the molecule is C=C(C(=O)Oc1ccc(C(c2ccc(OC(=O)C(=C)C(F)(F)F)cc2)(C(F)(F)F)C(F)(F)F)cc1)C(F)(F)F. The van der Waals surface area contributed by atoms with Crippen molar-refractivity contribution in [2.45, 2.75) is 30.1 Å². The molecule has 0 unspecified atom stereocenters. The molecule has 0 saturated heterocycles. The Labute approximate surface area is 210 Å². The zero-order valence-electron chi connectivity index (χ0n) is 18.7. The quantitative estimate of drug-likeness (QED) is 0.158. The van der Waals surface area contributed by atoms with Gasteiger partial charge in [0.2, 0.25) is 5.41 Å². The lowest BCUT2D eigenvalue weighted by atomic mass is 9.73. The molecule has 212 valence electrons. The van der Waals surface area contributed by atoms with Crippen molar-refractivity contribution >= 4 is 11.9 Å². The number of hydrogen-bond donors (Lipinski definition) is 0. The number of esters is 2. The fourth-order valence-corrected chi connectivity index (χ4v) is 3.10. The molecule has 2 rings (SSSR count). The summed E-state index contributed by atoms with van der Waals surface area (Å²) in [6.45, 7) is 4.88. The van der Waals surface area contributed by atoms with Gasteiger partial charge in [0.25, 0.3) is 0 Å². The molecular weight excluding hydrogens is 568 g/mol. The van der Waals surface area contributed by atoms with E-state index >= 15 is 0 Å². The van der Waals surface area contributed by atoms with E-state index in [2.05, 4.69) is 22.6 Å². The number of benzene rings is 2. The van der Waals surface area contributed by atoms with Crippen LogP contribution in [0.1, 0.15) is 11.1 Å². The number of halogens is 12. The minimum Gasteiger partial charge on any atom is -0.423 e. The number of hydrogen-bond acceptors (Lipinski definition) is 4. The lowest BCUT2D eigenvalue weighted by molar-refractivity contribution is -0.288. The van der Waals surface area contributed by atoms with Gasteiger partial charge in [-0.1, -0.05) is 37.4 Å². The van der Waals surface area contributed by atoms with Crippen molar-refractivity contribution in [1.29, 1.82) is 0 Å². The van der Waals surface area contributed by atoms with Crippen LogP contribution in [0.2, 0.25) is 0 Å². The van der Waals surface area contributed by atoms with E-state index in [1.165, 1.54) is 0 Å². The lowest BCUT2D eigenvalue weighted by Crippen LogP contribution is -2.54. The van der Waals surface area contributed by atoms with Gasteiger partial charge in [-0.25, -0.2) is 9.59 Å². The third kappa shape index (κ3) is 6.37. The van der Waals surface area contributed by atoms with Crippen LogP contribution in [0.3, 0.4) is 0 Å². The second-order valence-electron chi connectivity index (χ2n) is 7.53. The van der Waals surface area contributed by atoms with Crippen LogP contribution in [0, 0.1) is 0 Å². The van der Waals surface area contributed by atoms with Gasteiger partial charge in [-0.05, 0) is 35.4 Å². The minimum absolute atomic E-state index is 0.196. The highest BCUT2D eigenvalue weighted by Gasteiger charge is 2.72. The van der Waals surface area contributed by atoms with Crippen LogP contribution in [0.25, 0.3) is 0 Å². The van der Waals surface area contributed by atoms with Gasteiger partial charge in [0.15, 0.2) is 0 Å². The Kier molecular flexibility index (Phi) is 8.25. The fraction of sp³-hybridized carbons (Fsp3) is 0.217. The summed E-state index contributed by atoms with van der Waals surface area (Å²) in [6.07, 6.45) is -22.7. The van der Waals surface area contributed by atoms with Crippen LogP contribution >= 0.6 is 0 Å². The molecule has 0 bridgehead atoms. The molecule has 2 aromatic rings. The molecule has 4 nitrogen and oxygen atoms in total. The second kappa shape index (κ2) is 10.3. The Balaban J connectivity index is 2.54. The maximum Gasteiger partial charge on any atom is 0.422 e. The van der Waals surface area contributed by atoms with E-state index in [4.69, 9.17) is 0 Å². The van der Waals surface area contributed by atoms with Gasteiger partial charge in [0.1, 0.15) is 22.6 Å². The minimum atomic E-state index is -6.13. The molecule has 0 fully saturated rings. The van der Waals surface area contributed by atoms with Crippen LogP contribution in [0.15, 0.2) is 72.8 Å². The number of rotatable bonds is 6. The zero-order chi connectivity index (χ0) is 30.2. The Morgan fingerprint density at radius 1 is 0.513 bits per heavy atom. The van der Waals surface area contributed by atoms with Gasteiger partial charge in [-0.15, -0.1) is 0 Å². The largest absolute Gasteiger partial charge is 0.423 e. The number of carbonyl (C=O) groups is 2. The van der Waals surface area contributed by atoms with Crippen LogP contribution in [-0.4, -0.2) is 36.6 Å². The van der Waals surface area contributed by atoms with Crippen molar-refractivity contribution in [3.05, 3.63) is 84.0 Å². The van der Waals surface area contributed by atoms with Gasteiger partial charge >= 0.3 is 36.6 Å². The fourth-order valence-electron chi connectivity index (χ4n) is 3.10. The topological polar surface area (TPSA) is 52.6 Å². The monoisotopic (exact) mass is 580 g/mol. The Morgan fingerprint density at radius 2 is 0.769 bits per heavy atom. The predicted molar refractivity (Wildman–Crippen MR) is 107 cm³/mol. The first-order valence-electron chi connectivity index (χ1n) is 9.84. The van der Waals surface area contributed by atoms with Crippen molar-refractivity contribution in [1.82, 2.24) is 0 Å². The Morgan fingerprint density at radius 3 is 0.974 bits per heavy atom. The molecule has 16 heteroatoms. The standard InChI is InChI=1S/C23H12F12O4/c1-11(20(24,25)26)17(36)38-15-7-3-13(4-8-15)19(22(30,31)32,23(33,34)35)14-5-9-16(10-6-14)39-18(37)12(2)21(27,28)29/h3-10H,1-2H2. The van der Waals surface area contributed by atoms with E-state index in [9.17, 15) is 62.3 Å². The van der Waals surface area contributed by atoms with Crippen molar-refractivity contribution in [3.63, 3.8) is 0 Å². The summed E-state index contributed by atoms with van der Waals surface area (Å²) in [5, 5.41) is 0. The maximum atomic E-state index is 14.2. The zero-order valence-corrected chi connectivity index (χ0v) is 18.7. The summed E-state index contributed by atoms with van der Waals surface area (Å²) in [5.41, 5.74) is -11.8. The molecule has 0 aromatic heterocycles. The van der Waals surface area contributed by atoms with Crippen molar-refractivity contribution in [2.24, 2.45) is 0 Å².